The lowest BCUT2D eigenvalue weighted by molar-refractivity contribution is 0.420. The second-order valence-electron chi connectivity index (χ2n) is 6.85. The van der Waals surface area contributed by atoms with E-state index >= 15 is 0 Å². The van der Waals surface area contributed by atoms with Gasteiger partial charge in [0, 0.05) is 44.0 Å². The second-order valence-corrected chi connectivity index (χ2v) is 6.85. The van der Waals surface area contributed by atoms with Gasteiger partial charge in [0.1, 0.15) is 5.69 Å². The van der Waals surface area contributed by atoms with E-state index in [0.717, 1.165) is 43.1 Å². The number of fused-ring (bicyclic) bond motifs is 1. The average molecular weight is 375 g/mol. The molecule has 0 amide bonds. The summed E-state index contributed by atoms with van der Waals surface area (Å²) in [4.78, 5) is 9.03. The molecule has 28 heavy (non-hydrogen) atoms. The van der Waals surface area contributed by atoms with Crippen molar-refractivity contribution in [3.8, 4) is 23.0 Å². The van der Waals surface area contributed by atoms with Gasteiger partial charge < -0.3 is 14.4 Å². The van der Waals surface area contributed by atoms with Gasteiger partial charge in [0.15, 0.2) is 11.6 Å². The van der Waals surface area contributed by atoms with Gasteiger partial charge >= 0.3 is 0 Å². The first-order chi connectivity index (χ1) is 13.9. The highest BCUT2D eigenvalue weighted by atomic mass is 16.5. The van der Waals surface area contributed by atoms with Crippen LogP contribution in [0.15, 0.2) is 53.3 Å². The molecule has 1 aliphatic rings. The fourth-order valence-corrected chi connectivity index (χ4v) is 3.47. The smallest absolute Gasteiger partial charge is 0.257 e. The van der Waals surface area contributed by atoms with Crippen LogP contribution < -0.4 is 5.32 Å². The molecule has 3 aromatic heterocycles. The van der Waals surface area contributed by atoms with E-state index in [2.05, 4.69) is 35.8 Å². The molecular formula is C20H21N7O. The average Bonchev–Trinajstić information content (AvgIpc) is 3.44. The quantitative estimate of drug-likeness (QED) is 0.577. The molecule has 5 rings (SSSR count). The molecule has 1 aliphatic heterocycles. The van der Waals surface area contributed by atoms with Crippen molar-refractivity contribution in [2.24, 2.45) is 0 Å². The molecule has 0 radical (unpaired) electrons. The third-order valence-electron chi connectivity index (χ3n) is 4.90. The Balaban J connectivity index is 1.32. The number of nitrogens with one attached hydrogen (secondary N) is 1. The summed E-state index contributed by atoms with van der Waals surface area (Å²) in [5.74, 6) is 2.10. The normalized spacial score (nSPS) is 14.0. The maximum Gasteiger partial charge on any atom is 0.257 e. The number of hydrogen-bond acceptors (Lipinski definition) is 6. The highest BCUT2D eigenvalue weighted by Crippen LogP contribution is 2.20. The van der Waals surface area contributed by atoms with Gasteiger partial charge in [0.05, 0.1) is 5.69 Å². The van der Waals surface area contributed by atoms with Gasteiger partial charge in [-0.1, -0.05) is 23.4 Å². The summed E-state index contributed by atoms with van der Waals surface area (Å²) < 4.78 is 9.57. The molecule has 0 aliphatic carbocycles. The number of rotatable bonds is 5. The first-order valence-electron chi connectivity index (χ1n) is 9.54. The lowest BCUT2D eigenvalue weighted by atomic mass is 10.2. The summed E-state index contributed by atoms with van der Waals surface area (Å²) in [6, 6.07) is 11.9. The van der Waals surface area contributed by atoms with E-state index in [1.54, 1.807) is 0 Å². The van der Waals surface area contributed by atoms with Crippen LogP contribution in [0.4, 0.5) is 0 Å². The van der Waals surface area contributed by atoms with E-state index in [0.29, 0.717) is 24.7 Å². The molecule has 4 heterocycles. The topological polar surface area (TPSA) is 86.6 Å². The molecule has 1 aromatic carbocycles. The zero-order valence-electron chi connectivity index (χ0n) is 15.5. The minimum absolute atomic E-state index is 0.548. The summed E-state index contributed by atoms with van der Waals surface area (Å²) in [5.41, 5.74) is 3.03. The lowest BCUT2D eigenvalue weighted by Gasteiger charge is -2.04. The molecule has 1 N–H and O–H groups in total. The van der Waals surface area contributed by atoms with E-state index in [-0.39, 0.29) is 0 Å². The van der Waals surface area contributed by atoms with Crippen molar-refractivity contribution in [1.29, 1.82) is 0 Å². The standard InChI is InChI=1S/C20H21N7O/c1-2-5-15(6-3-1)20-23-18(25-28-20)7-11-26-12-9-22-19(26)17-13-16-14-21-8-4-10-27(16)24-17/h1-3,5-6,9,12-13,21H,4,7-8,10-11,14H2. The van der Waals surface area contributed by atoms with Gasteiger partial charge in [-0.2, -0.15) is 10.1 Å². The minimum atomic E-state index is 0.548. The van der Waals surface area contributed by atoms with Crippen LogP contribution in [0.3, 0.4) is 0 Å². The molecule has 142 valence electrons. The van der Waals surface area contributed by atoms with Gasteiger partial charge in [0.25, 0.3) is 5.89 Å². The fourth-order valence-electron chi connectivity index (χ4n) is 3.47. The number of aromatic nitrogens is 6. The molecule has 0 fully saturated rings. The Morgan fingerprint density at radius 1 is 1.18 bits per heavy atom. The van der Waals surface area contributed by atoms with Crippen LogP contribution in [-0.4, -0.2) is 36.0 Å². The Hall–Kier alpha value is -3.26. The van der Waals surface area contributed by atoms with E-state index < -0.39 is 0 Å². The number of hydrogen-bond donors (Lipinski definition) is 1. The van der Waals surface area contributed by atoms with Crippen LogP contribution in [0.1, 0.15) is 17.9 Å². The fraction of sp³-hybridized carbons (Fsp3) is 0.300. The van der Waals surface area contributed by atoms with Crippen LogP contribution in [-0.2, 0) is 26.1 Å². The Bertz CT molecular complexity index is 1040. The zero-order valence-corrected chi connectivity index (χ0v) is 15.5. The number of aryl methyl sites for hydroxylation is 3. The van der Waals surface area contributed by atoms with E-state index in [1.165, 1.54) is 5.69 Å². The van der Waals surface area contributed by atoms with Crippen molar-refractivity contribution < 1.29 is 4.52 Å². The third kappa shape index (κ3) is 3.34. The first kappa shape index (κ1) is 16.9. The van der Waals surface area contributed by atoms with Crippen LogP contribution in [0.5, 0.6) is 0 Å². The lowest BCUT2D eigenvalue weighted by Crippen LogP contribution is -2.11. The Morgan fingerprint density at radius 2 is 2.11 bits per heavy atom. The van der Waals surface area contributed by atoms with E-state index in [9.17, 15) is 0 Å². The molecule has 8 nitrogen and oxygen atoms in total. The van der Waals surface area contributed by atoms with Gasteiger partial charge in [0.2, 0.25) is 0 Å². The summed E-state index contributed by atoms with van der Waals surface area (Å²) in [7, 11) is 0. The highest BCUT2D eigenvalue weighted by Gasteiger charge is 2.16. The van der Waals surface area contributed by atoms with Crippen LogP contribution in [0, 0.1) is 0 Å². The molecule has 0 saturated carbocycles. The highest BCUT2D eigenvalue weighted by molar-refractivity contribution is 5.52. The monoisotopic (exact) mass is 375 g/mol. The summed E-state index contributed by atoms with van der Waals surface area (Å²) in [5, 5.41) is 12.3. The van der Waals surface area contributed by atoms with Crippen molar-refractivity contribution >= 4 is 0 Å². The van der Waals surface area contributed by atoms with Gasteiger partial charge in [-0.05, 0) is 31.2 Å². The van der Waals surface area contributed by atoms with Gasteiger partial charge in [-0.15, -0.1) is 0 Å². The maximum absolute atomic E-state index is 5.39. The maximum atomic E-state index is 5.39. The molecule has 0 saturated heterocycles. The summed E-state index contributed by atoms with van der Waals surface area (Å²) >= 11 is 0. The zero-order chi connectivity index (χ0) is 18.8. The molecule has 0 spiro atoms. The van der Waals surface area contributed by atoms with Crippen molar-refractivity contribution in [2.45, 2.75) is 32.5 Å². The SMILES string of the molecule is c1ccc(-c2nc(CCn3ccnc3-c3cc4n(n3)CCCNC4)no2)cc1. The van der Waals surface area contributed by atoms with Gasteiger partial charge in [-0.3, -0.25) is 4.68 Å². The van der Waals surface area contributed by atoms with E-state index in [4.69, 9.17) is 9.62 Å². The third-order valence-corrected chi connectivity index (χ3v) is 4.90. The van der Waals surface area contributed by atoms with E-state index in [1.807, 2.05) is 42.7 Å². The molecule has 0 atom stereocenters. The van der Waals surface area contributed by atoms with Crippen molar-refractivity contribution in [1.82, 2.24) is 34.8 Å². The minimum Gasteiger partial charge on any atom is -0.334 e. The second kappa shape index (κ2) is 7.40. The predicted octanol–water partition coefficient (Wildman–Crippen LogP) is 2.53. The van der Waals surface area contributed by atoms with Crippen LogP contribution in [0.25, 0.3) is 23.0 Å². The first-order valence-corrected chi connectivity index (χ1v) is 9.54. The Morgan fingerprint density at radius 3 is 3.04 bits per heavy atom. The van der Waals surface area contributed by atoms with Gasteiger partial charge in [-0.25, -0.2) is 4.98 Å². The molecule has 4 aromatic rings. The number of imidazole rings is 1. The van der Waals surface area contributed by atoms with Crippen molar-refractivity contribution in [2.75, 3.05) is 6.54 Å². The van der Waals surface area contributed by atoms with Crippen LogP contribution in [0.2, 0.25) is 0 Å². The van der Waals surface area contributed by atoms with Crippen LogP contribution >= 0.6 is 0 Å². The van der Waals surface area contributed by atoms with Crippen molar-refractivity contribution in [3.63, 3.8) is 0 Å². The molecular weight excluding hydrogens is 354 g/mol. The molecule has 8 heteroatoms. The number of nitrogens with zero attached hydrogens (tertiary/aromatic N) is 6. The Labute approximate surface area is 162 Å². The van der Waals surface area contributed by atoms with Crippen molar-refractivity contribution in [3.05, 3.63) is 60.3 Å². The predicted molar refractivity (Wildman–Crippen MR) is 103 cm³/mol. The Kier molecular flexibility index (Phi) is 4.46. The molecule has 0 unspecified atom stereocenters. The molecule has 0 bridgehead atoms. The largest absolute Gasteiger partial charge is 0.334 e. The number of benzene rings is 1. The summed E-state index contributed by atoms with van der Waals surface area (Å²) in [6.07, 6.45) is 5.53. The summed E-state index contributed by atoms with van der Waals surface area (Å²) in [6.45, 7) is 3.53.